The first-order valence-corrected chi connectivity index (χ1v) is 9.38. The number of carbonyl (C=O) groups excluding carboxylic acids is 2. The summed E-state index contributed by atoms with van der Waals surface area (Å²) in [7, 11) is 0. The minimum Gasteiger partial charge on any atom is -0.452 e. The van der Waals surface area contributed by atoms with Crippen molar-refractivity contribution in [2.45, 2.75) is 20.8 Å². The molecule has 0 spiro atoms. The largest absolute Gasteiger partial charge is 0.452 e. The number of hydrogen-bond acceptors (Lipinski definition) is 4. The number of nitrogens with zero attached hydrogens (tertiary/aromatic N) is 2. The summed E-state index contributed by atoms with van der Waals surface area (Å²) in [5.41, 5.74) is 4.25. The molecule has 1 aliphatic rings. The van der Waals surface area contributed by atoms with E-state index < -0.39 is 5.97 Å². The standard InChI is InChI=1S/C22H25FN2O3/c1-15-12-16(2)21(17(3)13-15)22(27)28-14-20(26)25-10-8-24(9-11-25)19-6-4-18(23)5-7-19/h4-7,12-13H,8-11,14H2,1-3H3. The molecule has 1 heterocycles. The van der Waals surface area contributed by atoms with Crippen molar-refractivity contribution in [3.05, 3.63) is 64.5 Å². The molecule has 148 valence electrons. The normalized spacial score (nSPS) is 14.1. The van der Waals surface area contributed by atoms with Crippen molar-refractivity contribution in [2.24, 2.45) is 0 Å². The van der Waals surface area contributed by atoms with E-state index >= 15 is 0 Å². The summed E-state index contributed by atoms with van der Waals surface area (Å²) in [5, 5.41) is 0. The van der Waals surface area contributed by atoms with E-state index in [1.165, 1.54) is 12.1 Å². The van der Waals surface area contributed by atoms with Gasteiger partial charge in [-0.15, -0.1) is 0 Å². The number of rotatable bonds is 4. The number of amides is 1. The van der Waals surface area contributed by atoms with Gasteiger partial charge in [0.05, 0.1) is 5.56 Å². The Hall–Kier alpha value is -2.89. The molecule has 0 saturated carbocycles. The molecule has 2 aromatic rings. The van der Waals surface area contributed by atoms with Crippen LogP contribution in [-0.2, 0) is 9.53 Å². The molecule has 2 aromatic carbocycles. The number of hydrogen-bond donors (Lipinski definition) is 0. The highest BCUT2D eigenvalue weighted by molar-refractivity contribution is 5.94. The smallest absolute Gasteiger partial charge is 0.339 e. The van der Waals surface area contributed by atoms with E-state index in [1.54, 1.807) is 17.0 Å². The molecule has 0 radical (unpaired) electrons. The lowest BCUT2D eigenvalue weighted by Crippen LogP contribution is -2.49. The minimum atomic E-state index is -0.465. The maximum Gasteiger partial charge on any atom is 0.339 e. The first kappa shape index (κ1) is 19.9. The van der Waals surface area contributed by atoms with Gasteiger partial charge < -0.3 is 14.5 Å². The number of ether oxygens (including phenoxy) is 1. The van der Waals surface area contributed by atoms with Gasteiger partial charge in [-0.05, 0) is 56.2 Å². The highest BCUT2D eigenvalue weighted by Crippen LogP contribution is 2.19. The van der Waals surface area contributed by atoms with Gasteiger partial charge in [-0.1, -0.05) is 17.7 Å². The van der Waals surface area contributed by atoms with Gasteiger partial charge >= 0.3 is 5.97 Å². The molecule has 1 fully saturated rings. The topological polar surface area (TPSA) is 49.9 Å². The van der Waals surface area contributed by atoms with E-state index in [9.17, 15) is 14.0 Å². The zero-order valence-electron chi connectivity index (χ0n) is 16.5. The van der Waals surface area contributed by atoms with Crippen LogP contribution < -0.4 is 4.90 Å². The van der Waals surface area contributed by atoms with Crippen LogP contribution in [0.15, 0.2) is 36.4 Å². The van der Waals surface area contributed by atoms with Crippen LogP contribution in [-0.4, -0.2) is 49.6 Å². The fourth-order valence-corrected chi connectivity index (χ4v) is 3.66. The van der Waals surface area contributed by atoms with Gasteiger partial charge in [0, 0.05) is 31.9 Å². The zero-order valence-corrected chi connectivity index (χ0v) is 16.5. The van der Waals surface area contributed by atoms with Gasteiger partial charge in [-0.2, -0.15) is 0 Å². The molecule has 0 aliphatic carbocycles. The number of anilines is 1. The maximum atomic E-state index is 13.1. The number of esters is 1. The lowest BCUT2D eigenvalue weighted by atomic mass is 10.00. The van der Waals surface area contributed by atoms with Crippen molar-refractivity contribution < 1.29 is 18.7 Å². The van der Waals surface area contributed by atoms with Gasteiger partial charge in [-0.25, -0.2) is 9.18 Å². The van der Waals surface area contributed by atoms with Crippen molar-refractivity contribution >= 4 is 17.6 Å². The number of aryl methyl sites for hydroxylation is 3. The van der Waals surface area contributed by atoms with Crippen LogP contribution in [0.5, 0.6) is 0 Å². The van der Waals surface area contributed by atoms with Crippen molar-refractivity contribution in [1.29, 1.82) is 0 Å². The van der Waals surface area contributed by atoms with E-state index in [0.29, 0.717) is 31.7 Å². The van der Waals surface area contributed by atoms with Crippen LogP contribution in [0.25, 0.3) is 0 Å². The van der Waals surface area contributed by atoms with E-state index in [2.05, 4.69) is 4.90 Å². The molecule has 0 atom stereocenters. The SMILES string of the molecule is Cc1cc(C)c(C(=O)OCC(=O)N2CCN(c3ccc(F)cc3)CC2)c(C)c1. The van der Waals surface area contributed by atoms with E-state index in [4.69, 9.17) is 4.74 Å². The van der Waals surface area contributed by atoms with Gasteiger partial charge in [0.25, 0.3) is 5.91 Å². The first-order chi connectivity index (χ1) is 13.3. The van der Waals surface area contributed by atoms with Gasteiger partial charge in [0.15, 0.2) is 6.61 Å². The predicted molar refractivity (Wildman–Crippen MR) is 106 cm³/mol. The number of halogens is 1. The molecule has 28 heavy (non-hydrogen) atoms. The first-order valence-electron chi connectivity index (χ1n) is 9.38. The maximum absolute atomic E-state index is 13.1. The third kappa shape index (κ3) is 4.50. The second-order valence-electron chi connectivity index (χ2n) is 7.19. The summed E-state index contributed by atoms with van der Waals surface area (Å²) in [6, 6.07) is 10.2. The molecule has 1 aliphatic heterocycles. The summed E-state index contributed by atoms with van der Waals surface area (Å²) in [6.45, 7) is 7.84. The Bertz CT molecular complexity index is 849. The average molecular weight is 384 g/mol. The molecule has 0 N–H and O–H groups in total. The molecular weight excluding hydrogens is 359 g/mol. The summed E-state index contributed by atoms with van der Waals surface area (Å²) in [4.78, 5) is 28.6. The molecule has 3 rings (SSSR count). The number of benzene rings is 2. The molecule has 0 bridgehead atoms. The Kier molecular flexibility index (Phi) is 5.97. The lowest BCUT2D eigenvalue weighted by Gasteiger charge is -2.36. The van der Waals surface area contributed by atoms with E-state index in [-0.39, 0.29) is 18.3 Å². The Morgan fingerprint density at radius 3 is 2.11 bits per heavy atom. The molecule has 6 heteroatoms. The van der Waals surface area contributed by atoms with Crippen molar-refractivity contribution in [1.82, 2.24) is 4.90 Å². The van der Waals surface area contributed by atoms with Crippen molar-refractivity contribution in [3.63, 3.8) is 0 Å². The minimum absolute atomic E-state index is 0.200. The highest BCUT2D eigenvalue weighted by atomic mass is 19.1. The van der Waals surface area contributed by atoms with Crippen molar-refractivity contribution in [3.8, 4) is 0 Å². The van der Waals surface area contributed by atoms with Gasteiger partial charge in [-0.3, -0.25) is 4.79 Å². The monoisotopic (exact) mass is 384 g/mol. The summed E-state index contributed by atoms with van der Waals surface area (Å²) in [5.74, 6) is -0.929. The fourth-order valence-electron chi connectivity index (χ4n) is 3.66. The van der Waals surface area contributed by atoms with Crippen LogP contribution >= 0.6 is 0 Å². The van der Waals surface area contributed by atoms with Crippen LogP contribution in [0.3, 0.4) is 0 Å². The molecule has 1 amide bonds. The Balaban J connectivity index is 1.52. The Morgan fingerprint density at radius 2 is 1.54 bits per heavy atom. The molecule has 1 saturated heterocycles. The average Bonchev–Trinajstić information content (AvgIpc) is 2.66. The Labute approximate surface area is 164 Å². The van der Waals surface area contributed by atoms with Gasteiger partial charge in [0.1, 0.15) is 5.82 Å². The van der Waals surface area contributed by atoms with E-state index in [1.807, 2.05) is 32.9 Å². The van der Waals surface area contributed by atoms with Crippen LogP contribution in [0.1, 0.15) is 27.0 Å². The predicted octanol–water partition coefficient (Wildman–Crippen LogP) is 3.26. The third-order valence-corrected chi connectivity index (χ3v) is 5.03. The van der Waals surface area contributed by atoms with Crippen LogP contribution in [0.2, 0.25) is 0 Å². The second-order valence-corrected chi connectivity index (χ2v) is 7.19. The molecule has 5 nitrogen and oxygen atoms in total. The fraction of sp³-hybridized carbons (Fsp3) is 0.364. The van der Waals surface area contributed by atoms with Gasteiger partial charge in [0.2, 0.25) is 0 Å². The molecular formula is C22H25FN2O3. The lowest BCUT2D eigenvalue weighted by molar-refractivity contribution is -0.134. The summed E-state index contributed by atoms with van der Waals surface area (Å²) in [6.07, 6.45) is 0. The number of carbonyl (C=O) groups is 2. The quantitative estimate of drug-likeness (QED) is 0.760. The summed E-state index contributed by atoms with van der Waals surface area (Å²) >= 11 is 0. The highest BCUT2D eigenvalue weighted by Gasteiger charge is 2.23. The zero-order chi connectivity index (χ0) is 20.3. The second kappa shape index (κ2) is 8.42. The number of piperazine rings is 1. The van der Waals surface area contributed by atoms with Crippen molar-refractivity contribution in [2.75, 3.05) is 37.7 Å². The molecule has 0 unspecified atom stereocenters. The molecule has 0 aromatic heterocycles. The summed E-state index contributed by atoms with van der Waals surface area (Å²) < 4.78 is 18.3. The van der Waals surface area contributed by atoms with Crippen LogP contribution in [0.4, 0.5) is 10.1 Å². The van der Waals surface area contributed by atoms with E-state index in [0.717, 1.165) is 22.4 Å². The van der Waals surface area contributed by atoms with Crippen LogP contribution in [0, 0.1) is 26.6 Å². The third-order valence-electron chi connectivity index (χ3n) is 5.03. The Morgan fingerprint density at radius 1 is 0.964 bits per heavy atom.